The number of nitrogens with two attached hydrogens (primary N) is 1. The summed E-state index contributed by atoms with van der Waals surface area (Å²) in [4.78, 5) is 19.5. The molecule has 1 amide bonds. The minimum absolute atomic E-state index is 0.271. The maximum absolute atomic E-state index is 11.7. The summed E-state index contributed by atoms with van der Waals surface area (Å²) in [5, 5.41) is 2.67. The van der Waals surface area contributed by atoms with Crippen molar-refractivity contribution in [2.24, 2.45) is 0 Å². The van der Waals surface area contributed by atoms with Crippen LogP contribution in [0.15, 0.2) is 42.7 Å². The first-order valence-corrected chi connectivity index (χ1v) is 4.69. The van der Waals surface area contributed by atoms with Crippen molar-refractivity contribution in [1.82, 2.24) is 9.97 Å². The van der Waals surface area contributed by atoms with Gasteiger partial charge in [-0.1, -0.05) is 6.07 Å². The maximum atomic E-state index is 11.7. The lowest BCUT2D eigenvalue weighted by molar-refractivity contribution is 0.102. The molecule has 0 unspecified atom stereocenters. The molecular formula is C11H10N4O. The van der Waals surface area contributed by atoms with Gasteiger partial charge in [-0.25, -0.2) is 4.98 Å². The Balaban J connectivity index is 2.11. The van der Waals surface area contributed by atoms with Gasteiger partial charge in [0.05, 0.1) is 11.9 Å². The van der Waals surface area contributed by atoms with Crippen LogP contribution in [0.25, 0.3) is 0 Å². The topological polar surface area (TPSA) is 80.9 Å². The first-order chi connectivity index (χ1) is 7.75. The van der Waals surface area contributed by atoms with Crippen molar-refractivity contribution >= 4 is 17.4 Å². The van der Waals surface area contributed by atoms with Gasteiger partial charge in [-0.2, -0.15) is 0 Å². The molecule has 5 heteroatoms. The maximum Gasteiger partial charge on any atom is 0.274 e. The molecule has 0 bridgehead atoms. The van der Waals surface area contributed by atoms with Gasteiger partial charge in [0.1, 0.15) is 11.5 Å². The van der Waals surface area contributed by atoms with Gasteiger partial charge in [-0.05, 0) is 24.3 Å². The molecule has 2 rings (SSSR count). The van der Waals surface area contributed by atoms with Gasteiger partial charge in [-0.15, -0.1) is 0 Å². The highest BCUT2D eigenvalue weighted by atomic mass is 16.1. The van der Waals surface area contributed by atoms with E-state index in [0.717, 1.165) is 0 Å². The number of pyridine rings is 2. The number of nitrogen functional groups attached to an aromatic ring is 1. The first-order valence-electron chi connectivity index (χ1n) is 4.69. The summed E-state index contributed by atoms with van der Waals surface area (Å²) in [5.74, 6) is 0.142. The molecule has 0 saturated carbocycles. The molecular weight excluding hydrogens is 204 g/mol. The Kier molecular flexibility index (Phi) is 2.77. The summed E-state index contributed by atoms with van der Waals surface area (Å²) in [6.45, 7) is 0. The van der Waals surface area contributed by atoms with E-state index in [4.69, 9.17) is 5.73 Å². The van der Waals surface area contributed by atoms with Gasteiger partial charge in [0.15, 0.2) is 0 Å². The van der Waals surface area contributed by atoms with Crippen LogP contribution in [-0.4, -0.2) is 15.9 Å². The Labute approximate surface area is 92.3 Å². The van der Waals surface area contributed by atoms with Crippen molar-refractivity contribution in [3.63, 3.8) is 0 Å². The molecule has 0 atom stereocenters. The summed E-state index contributed by atoms with van der Waals surface area (Å²) in [7, 11) is 0. The fourth-order valence-corrected chi connectivity index (χ4v) is 1.17. The molecule has 2 aromatic heterocycles. The zero-order valence-electron chi connectivity index (χ0n) is 8.42. The quantitative estimate of drug-likeness (QED) is 0.789. The lowest BCUT2D eigenvalue weighted by Crippen LogP contribution is -2.13. The Morgan fingerprint density at radius 2 is 2.06 bits per heavy atom. The number of nitrogens with one attached hydrogen (secondary N) is 1. The van der Waals surface area contributed by atoms with E-state index in [1.165, 1.54) is 6.20 Å². The number of carbonyl (C=O) groups excluding carboxylic acids is 1. The number of anilines is 2. The minimum atomic E-state index is -0.271. The molecule has 5 nitrogen and oxygen atoms in total. The van der Waals surface area contributed by atoms with Crippen molar-refractivity contribution in [3.05, 3.63) is 48.4 Å². The SMILES string of the molecule is Nc1ccc(NC(=O)c2ccccn2)cn1. The van der Waals surface area contributed by atoms with Crippen LogP contribution in [0.4, 0.5) is 11.5 Å². The molecule has 80 valence electrons. The van der Waals surface area contributed by atoms with Crippen molar-refractivity contribution < 1.29 is 4.79 Å². The second kappa shape index (κ2) is 4.39. The van der Waals surface area contributed by atoms with Crippen molar-refractivity contribution in [2.75, 3.05) is 11.1 Å². The van der Waals surface area contributed by atoms with Crippen LogP contribution < -0.4 is 11.1 Å². The smallest absolute Gasteiger partial charge is 0.274 e. The van der Waals surface area contributed by atoms with E-state index < -0.39 is 0 Å². The monoisotopic (exact) mass is 214 g/mol. The molecule has 0 aliphatic rings. The Bertz CT molecular complexity index is 481. The van der Waals surface area contributed by atoms with E-state index in [9.17, 15) is 4.79 Å². The van der Waals surface area contributed by atoms with E-state index in [1.54, 1.807) is 36.5 Å². The zero-order chi connectivity index (χ0) is 11.4. The van der Waals surface area contributed by atoms with Crippen molar-refractivity contribution in [2.45, 2.75) is 0 Å². The highest BCUT2D eigenvalue weighted by molar-refractivity contribution is 6.02. The van der Waals surface area contributed by atoms with Crippen LogP contribution in [0.3, 0.4) is 0 Å². The number of aromatic nitrogens is 2. The van der Waals surface area contributed by atoms with E-state index in [2.05, 4.69) is 15.3 Å². The van der Waals surface area contributed by atoms with Crippen LogP contribution >= 0.6 is 0 Å². The third-order valence-corrected chi connectivity index (χ3v) is 1.94. The van der Waals surface area contributed by atoms with Gasteiger partial charge >= 0.3 is 0 Å². The summed E-state index contributed by atoms with van der Waals surface area (Å²) in [6, 6.07) is 8.45. The Morgan fingerprint density at radius 1 is 1.19 bits per heavy atom. The molecule has 3 N–H and O–H groups in total. The number of rotatable bonds is 2. The summed E-state index contributed by atoms with van der Waals surface area (Å²) in [6.07, 6.45) is 3.06. The molecule has 16 heavy (non-hydrogen) atoms. The standard InChI is InChI=1S/C11H10N4O/c12-10-5-4-8(7-14-10)15-11(16)9-3-1-2-6-13-9/h1-7H,(H2,12,14)(H,15,16). The van der Waals surface area contributed by atoms with Crippen LogP contribution in [0.2, 0.25) is 0 Å². The molecule has 0 spiro atoms. The average Bonchev–Trinajstić information content (AvgIpc) is 2.33. The molecule has 0 aromatic carbocycles. The van der Waals surface area contributed by atoms with E-state index in [0.29, 0.717) is 17.2 Å². The van der Waals surface area contributed by atoms with Crippen molar-refractivity contribution in [3.8, 4) is 0 Å². The fraction of sp³-hybridized carbons (Fsp3) is 0. The molecule has 0 saturated heterocycles. The summed E-state index contributed by atoms with van der Waals surface area (Å²) >= 11 is 0. The molecule has 2 aromatic rings. The Morgan fingerprint density at radius 3 is 2.69 bits per heavy atom. The van der Waals surface area contributed by atoms with Crippen LogP contribution in [0.1, 0.15) is 10.5 Å². The van der Waals surface area contributed by atoms with Crippen LogP contribution in [0.5, 0.6) is 0 Å². The summed E-state index contributed by atoms with van der Waals surface area (Å²) < 4.78 is 0. The van der Waals surface area contributed by atoms with Gasteiger partial charge in [0, 0.05) is 6.20 Å². The number of hydrogen-bond acceptors (Lipinski definition) is 4. The third-order valence-electron chi connectivity index (χ3n) is 1.94. The van der Waals surface area contributed by atoms with E-state index in [1.807, 2.05) is 0 Å². The predicted octanol–water partition coefficient (Wildman–Crippen LogP) is 1.31. The highest BCUT2D eigenvalue weighted by Crippen LogP contribution is 2.08. The largest absolute Gasteiger partial charge is 0.384 e. The number of amides is 1. The average molecular weight is 214 g/mol. The normalized spacial score (nSPS) is 9.75. The van der Waals surface area contributed by atoms with Crippen LogP contribution in [-0.2, 0) is 0 Å². The van der Waals surface area contributed by atoms with E-state index in [-0.39, 0.29) is 5.91 Å². The lowest BCUT2D eigenvalue weighted by Gasteiger charge is -2.03. The third kappa shape index (κ3) is 2.33. The second-order valence-corrected chi connectivity index (χ2v) is 3.14. The second-order valence-electron chi connectivity index (χ2n) is 3.14. The number of carbonyl (C=O) groups is 1. The molecule has 0 radical (unpaired) electrons. The fourth-order valence-electron chi connectivity index (χ4n) is 1.17. The van der Waals surface area contributed by atoms with Crippen molar-refractivity contribution in [1.29, 1.82) is 0 Å². The Hall–Kier alpha value is -2.43. The van der Waals surface area contributed by atoms with E-state index >= 15 is 0 Å². The van der Waals surface area contributed by atoms with Gasteiger partial charge < -0.3 is 11.1 Å². The number of nitrogens with zero attached hydrogens (tertiary/aromatic N) is 2. The first kappa shape index (κ1) is 10.1. The van der Waals surface area contributed by atoms with Gasteiger partial charge in [-0.3, -0.25) is 9.78 Å². The minimum Gasteiger partial charge on any atom is -0.384 e. The number of hydrogen-bond donors (Lipinski definition) is 2. The van der Waals surface area contributed by atoms with Gasteiger partial charge in [0.2, 0.25) is 0 Å². The highest BCUT2D eigenvalue weighted by Gasteiger charge is 2.06. The van der Waals surface area contributed by atoms with Crippen LogP contribution in [0, 0.1) is 0 Å². The molecule has 0 fully saturated rings. The summed E-state index contributed by atoms with van der Waals surface area (Å²) in [5.41, 5.74) is 6.38. The molecule has 2 heterocycles. The zero-order valence-corrected chi connectivity index (χ0v) is 8.42. The van der Waals surface area contributed by atoms with Gasteiger partial charge in [0.25, 0.3) is 5.91 Å². The molecule has 0 aliphatic heterocycles. The lowest BCUT2D eigenvalue weighted by atomic mass is 10.3. The predicted molar refractivity (Wildman–Crippen MR) is 60.8 cm³/mol. The molecule has 0 aliphatic carbocycles.